The third-order valence-electron chi connectivity index (χ3n) is 6.22. The fourth-order valence-electron chi connectivity index (χ4n) is 4.93. The van der Waals surface area contributed by atoms with Crippen LogP contribution >= 0.6 is 24.8 Å². The number of halogens is 2. The highest BCUT2D eigenvalue weighted by molar-refractivity contribution is 5.85. The lowest BCUT2D eigenvalue weighted by atomic mass is 9.93. The third-order valence-corrected chi connectivity index (χ3v) is 6.22. The summed E-state index contributed by atoms with van der Waals surface area (Å²) >= 11 is 0. The van der Waals surface area contributed by atoms with Gasteiger partial charge in [0.15, 0.2) is 0 Å². The van der Waals surface area contributed by atoms with Gasteiger partial charge in [-0.3, -0.25) is 9.69 Å². The molecule has 6 heteroatoms. The van der Waals surface area contributed by atoms with Crippen molar-refractivity contribution in [1.82, 2.24) is 9.80 Å². The zero-order valence-corrected chi connectivity index (χ0v) is 16.2. The number of carbonyl (C=O) groups excluding carboxylic acids is 1. The van der Waals surface area contributed by atoms with Crippen LogP contribution in [0.3, 0.4) is 0 Å². The molecule has 4 rings (SSSR count). The van der Waals surface area contributed by atoms with Crippen molar-refractivity contribution in [1.29, 1.82) is 0 Å². The lowest BCUT2D eigenvalue weighted by Crippen LogP contribution is -2.54. The van der Waals surface area contributed by atoms with E-state index in [1.807, 2.05) is 35.2 Å². The van der Waals surface area contributed by atoms with E-state index < -0.39 is 6.04 Å². The molecule has 4 unspecified atom stereocenters. The van der Waals surface area contributed by atoms with Crippen molar-refractivity contribution in [3.8, 4) is 0 Å². The molecule has 1 saturated heterocycles. The summed E-state index contributed by atoms with van der Waals surface area (Å²) in [7, 11) is 0. The molecule has 140 valence electrons. The number of hydrogen-bond acceptors (Lipinski definition) is 3. The van der Waals surface area contributed by atoms with Crippen LogP contribution in [-0.4, -0.2) is 47.9 Å². The molecule has 2 bridgehead atoms. The van der Waals surface area contributed by atoms with E-state index in [2.05, 4.69) is 4.90 Å². The summed E-state index contributed by atoms with van der Waals surface area (Å²) < 4.78 is 0. The van der Waals surface area contributed by atoms with E-state index in [0.717, 1.165) is 49.6 Å². The van der Waals surface area contributed by atoms with Crippen LogP contribution in [0.4, 0.5) is 0 Å². The van der Waals surface area contributed by atoms with Gasteiger partial charge in [0.05, 0.1) is 0 Å². The molecule has 0 spiro atoms. The smallest absolute Gasteiger partial charge is 0.244 e. The van der Waals surface area contributed by atoms with E-state index >= 15 is 0 Å². The van der Waals surface area contributed by atoms with Gasteiger partial charge >= 0.3 is 0 Å². The van der Waals surface area contributed by atoms with Crippen molar-refractivity contribution in [2.24, 2.45) is 17.6 Å². The Labute approximate surface area is 162 Å². The molecule has 1 aliphatic heterocycles. The maximum Gasteiger partial charge on any atom is 0.244 e. The molecule has 0 aromatic heterocycles. The first-order valence-corrected chi connectivity index (χ1v) is 9.06. The fraction of sp³-hybridized carbons (Fsp3) is 0.632. The molecule has 4 atom stereocenters. The summed E-state index contributed by atoms with van der Waals surface area (Å²) in [6.45, 7) is 3.68. The van der Waals surface area contributed by atoms with Crippen molar-refractivity contribution in [2.75, 3.05) is 26.2 Å². The third kappa shape index (κ3) is 4.13. The number of amides is 1. The molecule has 2 N–H and O–H groups in total. The van der Waals surface area contributed by atoms with Crippen LogP contribution < -0.4 is 5.73 Å². The van der Waals surface area contributed by atoms with Gasteiger partial charge in [-0.15, -0.1) is 24.8 Å². The van der Waals surface area contributed by atoms with Gasteiger partial charge in [-0.05, 0) is 36.7 Å². The molecule has 4 nitrogen and oxygen atoms in total. The molecular weight excluding hydrogens is 357 g/mol. The number of hydrogen-bond donors (Lipinski definition) is 1. The van der Waals surface area contributed by atoms with Crippen molar-refractivity contribution < 1.29 is 4.79 Å². The Kier molecular flexibility index (Phi) is 7.15. The van der Waals surface area contributed by atoms with Crippen molar-refractivity contribution in [2.45, 2.75) is 37.8 Å². The second-order valence-electron chi connectivity index (χ2n) is 7.49. The molecule has 25 heavy (non-hydrogen) atoms. The first kappa shape index (κ1) is 20.5. The maximum atomic E-state index is 12.6. The highest BCUT2D eigenvalue weighted by Gasteiger charge is 2.43. The van der Waals surface area contributed by atoms with Crippen molar-refractivity contribution in [3.05, 3.63) is 35.9 Å². The number of carbonyl (C=O) groups is 1. The number of fused-ring (bicyclic) bond motifs is 2. The first-order valence-electron chi connectivity index (χ1n) is 9.06. The maximum absolute atomic E-state index is 12.6. The molecule has 1 aromatic rings. The molecule has 1 amide bonds. The Morgan fingerprint density at radius 3 is 2.24 bits per heavy atom. The first-order chi connectivity index (χ1) is 11.2. The average molecular weight is 386 g/mol. The van der Waals surface area contributed by atoms with Gasteiger partial charge in [-0.2, -0.15) is 0 Å². The van der Waals surface area contributed by atoms with E-state index in [1.54, 1.807) is 0 Å². The minimum absolute atomic E-state index is 0. The Morgan fingerprint density at radius 2 is 1.68 bits per heavy atom. The minimum Gasteiger partial charge on any atom is -0.338 e. The van der Waals surface area contributed by atoms with E-state index in [4.69, 9.17) is 5.73 Å². The summed E-state index contributed by atoms with van der Waals surface area (Å²) in [5, 5.41) is 0. The Balaban J connectivity index is 0.00000113. The lowest BCUT2D eigenvalue weighted by molar-refractivity contribution is -0.135. The Hall–Kier alpha value is -0.810. The standard InChI is InChI=1S/C19H27N3O.2ClH/c20-18(15-4-2-1-3-5-15)19(23)22-10-8-21(9-11-22)17-13-14-6-7-16(17)12-14;;/h1-5,14,16-18H,6-13,20H2;2*1H. The normalized spacial score (nSPS) is 29.6. The summed E-state index contributed by atoms with van der Waals surface area (Å²) in [6.07, 6.45) is 5.71. The second-order valence-corrected chi connectivity index (χ2v) is 7.49. The molecule has 3 aliphatic rings. The number of piperazine rings is 1. The van der Waals surface area contributed by atoms with E-state index in [0.29, 0.717) is 0 Å². The summed E-state index contributed by atoms with van der Waals surface area (Å²) in [5.41, 5.74) is 7.08. The molecule has 2 aliphatic carbocycles. The molecule has 0 radical (unpaired) electrons. The number of nitrogens with zero attached hydrogens (tertiary/aromatic N) is 2. The molecule has 3 fully saturated rings. The topological polar surface area (TPSA) is 49.6 Å². The SMILES string of the molecule is Cl.Cl.NC(C(=O)N1CCN(C2CC3CCC2C3)CC1)c1ccccc1. The van der Waals surface area contributed by atoms with Crippen LogP contribution in [0.5, 0.6) is 0 Å². The van der Waals surface area contributed by atoms with E-state index in [1.165, 1.54) is 25.7 Å². The van der Waals surface area contributed by atoms with Crippen LogP contribution in [0.1, 0.15) is 37.3 Å². The van der Waals surface area contributed by atoms with Crippen LogP contribution in [0.15, 0.2) is 30.3 Å². The zero-order chi connectivity index (χ0) is 15.8. The van der Waals surface area contributed by atoms with Crippen LogP contribution in [0, 0.1) is 11.8 Å². The van der Waals surface area contributed by atoms with Crippen LogP contribution in [-0.2, 0) is 4.79 Å². The molecular formula is C19H29Cl2N3O. The van der Waals surface area contributed by atoms with Crippen molar-refractivity contribution >= 4 is 30.7 Å². The monoisotopic (exact) mass is 385 g/mol. The minimum atomic E-state index is -0.523. The highest BCUT2D eigenvalue weighted by atomic mass is 35.5. The van der Waals surface area contributed by atoms with E-state index in [9.17, 15) is 4.79 Å². The Morgan fingerprint density at radius 1 is 1.00 bits per heavy atom. The van der Waals surface area contributed by atoms with Gasteiger partial charge in [-0.25, -0.2) is 0 Å². The van der Waals surface area contributed by atoms with Gasteiger partial charge < -0.3 is 10.6 Å². The van der Waals surface area contributed by atoms with Crippen LogP contribution in [0.2, 0.25) is 0 Å². The number of nitrogens with two attached hydrogens (primary N) is 1. The quantitative estimate of drug-likeness (QED) is 0.869. The number of benzene rings is 1. The highest BCUT2D eigenvalue weighted by Crippen LogP contribution is 2.46. The summed E-state index contributed by atoms with van der Waals surface area (Å²) in [6, 6.07) is 9.97. The zero-order valence-electron chi connectivity index (χ0n) is 14.5. The average Bonchev–Trinajstić information content (AvgIpc) is 3.25. The van der Waals surface area contributed by atoms with Gasteiger partial charge in [-0.1, -0.05) is 36.8 Å². The summed E-state index contributed by atoms with van der Waals surface area (Å²) in [4.78, 5) is 17.2. The lowest BCUT2D eigenvalue weighted by Gasteiger charge is -2.41. The second kappa shape index (κ2) is 8.72. The molecule has 1 heterocycles. The predicted octanol–water partition coefficient (Wildman–Crippen LogP) is 2.86. The van der Waals surface area contributed by atoms with Crippen LogP contribution in [0.25, 0.3) is 0 Å². The number of rotatable bonds is 3. The molecule has 1 aromatic carbocycles. The van der Waals surface area contributed by atoms with E-state index in [-0.39, 0.29) is 30.7 Å². The Bertz CT molecular complexity index is 563. The largest absolute Gasteiger partial charge is 0.338 e. The fourth-order valence-corrected chi connectivity index (χ4v) is 4.93. The van der Waals surface area contributed by atoms with Gasteiger partial charge in [0, 0.05) is 32.2 Å². The summed E-state index contributed by atoms with van der Waals surface area (Å²) in [5.74, 6) is 1.98. The van der Waals surface area contributed by atoms with Gasteiger partial charge in [0.2, 0.25) is 5.91 Å². The predicted molar refractivity (Wildman–Crippen MR) is 105 cm³/mol. The van der Waals surface area contributed by atoms with Gasteiger partial charge in [0.1, 0.15) is 6.04 Å². The van der Waals surface area contributed by atoms with Crippen molar-refractivity contribution in [3.63, 3.8) is 0 Å². The van der Waals surface area contributed by atoms with Gasteiger partial charge in [0.25, 0.3) is 0 Å². The molecule has 2 saturated carbocycles.